The molecule has 1 rings (SSSR count). The van der Waals surface area contributed by atoms with Gasteiger partial charge in [-0.3, -0.25) is 0 Å². The number of aryl methyl sites for hydroxylation is 1. The number of anilines is 1. The van der Waals surface area contributed by atoms with Crippen LogP contribution in [0.3, 0.4) is 0 Å². The highest BCUT2D eigenvalue weighted by Gasteiger charge is 1.98. The van der Waals surface area contributed by atoms with Crippen molar-refractivity contribution in [1.29, 1.82) is 0 Å². The van der Waals surface area contributed by atoms with Crippen molar-refractivity contribution in [3.8, 4) is 0 Å². The Bertz CT molecular complexity index is 307. The summed E-state index contributed by atoms with van der Waals surface area (Å²) in [7, 11) is 0. The van der Waals surface area contributed by atoms with Crippen LogP contribution in [0, 0.1) is 0 Å². The maximum Gasteiger partial charge on any atom is 0.0593 e. The van der Waals surface area contributed by atoms with E-state index < -0.39 is 0 Å². The predicted octanol–water partition coefficient (Wildman–Crippen LogP) is 2.56. The number of ether oxygens (including phenoxy) is 1. The summed E-state index contributed by atoms with van der Waals surface area (Å²) in [5.41, 5.74) is 7.80. The van der Waals surface area contributed by atoms with Crippen molar-refractivity contribution in [1.82, 2.24) is 4.90 Å². The van der Waals surface area contributed by atoms with Crippen LogP contribution in [0.5, 0.6) is 0 Å². The maximum atomic E-state index is 5.65. The van der Waals surface area contributed by atoms with Crippen LogP contribution in [-0.4, -0.2) is 37.7 Å². The molecule has 0 saturated carbocycles. The van der Waals surface area contributed by atoms with Gasteiger partial charge in [-0.05, 0) is 43.6 Å². The summed E-state index contributed by atoms with van der Waals surface area (Å²) < 4.78 is 5.65. The summed E-state index contributed by atoms with van der Waals surface area (Å²) in [5, 5.41) is 0. The highest BCUT2D eigenvalue weighted by molar-refractivity contribution is 5.39. The fourth-order valence-corrected chi connectivity index (χ4v) is 1.90. The van der Waals surface area contributed by atoms with Crippen molar-refractivity contribution in [2.24, 2.45) is 0 Å². The minimum absolute atomic E-state index is 0.828. The summed E-state index contributed by atoms with van der Waals surface area (Å²) in [5.74, 6) is 0. The van der Waals surface area contributed by atoms with Crippen LogP contribution in [0.2, 0.25) is 0 Å². The molecular weight excluding hydrogens is 224 g/mol. The lowest BCUT2D eigenvalue weighted by atomic mass is 10.1. The number of nitrogens with two attached hydrogens (primary N) is 1. The minimum atomic E-state index is 0.828. The van der Waals surface area contributed by atoms with Gasteiger partial charge in [0.1, 0.15) is 0 Å². The lowest BCUT2D eigenvalue weighted by Gasteiger charge is -2.17. The van der Waals surface area contributed by atoms with Crippen LogP contribution >= 0.6 is 0 Å². The SMILES string of the molecule is CCN(CC)CCOCCCc1ccc(N)cc1. The average molecular weight is 250 g/mol. The molecule has 0 amide bonds. The second-order valence-electron chi connectivity index (χ2n) is 4.48. The van der Waals surface area contributed by atoms with E-state index in [1.54, 1.807) is 0 Å². The van der Waals surface area contributed by atoms with E-state index in [0.29, 0.717) is 0 Å². The molecule has 2 N–H and O–H groups in total. The molecule has 0 aromatic heterocycles. The molecule has 0 fully saturated rings. The molecule has 0 saturated heterocycles. The third-order valence-electron chi connectivity index (χ3n) is 3.18. The first-order valence-electron chi connectivity index (χ1n) is 6.90. The Kier molecular flexibility index (Phi) is 7.46. The summed E-state index contributed by atoms with van der Waals surface area (Å²) >= 11 is 0. The second kappa shape index (κ2) is 8.95. The zero-order chi connectivity index (χ0) is 13.2. The fourth-order valence-electron chi connectivity index (χ4n) is 1.90. The summed E-state index contributed by atoms with van der Waals surface area (Å²) in [6.45, 7) is 9.29. The van der Waals surface area contributed by atoms with Gasteiger partial charge in [0.25, 0.3) is 0 Å². The summed E-state index contributed by atoms with van der Waals surface area (Å²) in [4.78, 5) is 2.37. The molecule has 0 aliphatic carbocycles. The largest absolute Gasteiger partial charge is 0.399 e. The minimum Gasteiger partial charge on any atom is -0.399 e. The van der Waals surface area contributed by atoms with Crippen molar-refractivity contribution < 1.29 is 4.74 Å². The van der Waals surface area contributed by atoms with Crippen LogP contribution < -0.4 is 5.73 Å². The molecule has 0 spiro atoms. The third kappa shape index (κ3) is 6.03. The van der Waals surface area contributed by atoms with Crippen LogP contribution in [0.25, 0.3) is 0 Å². The van der Waals surface area contributed by atoms with E-state index >= 15 is 0 Å². The van der Waals surface area contributed by atoms with Crippen molar-refractivity contribution >= 4 is 5.69 Å². The monoisotopic (exact) mass is 250 g/mol. The Labute approximate surface area is 111 Å². The van der Waals surface area contributed by atoms with Gasteiger partial charge in [-0.25, -0.2) is 0 Å². The van der Waals surface area contributed by atoms with Crippen molar-refractivity contribution in [2.45, 2.75) is 26.7 Å². The lowest BCUT2D eigenvalue weighted by Crippen LogP contribution is -2.27. The topological polar surface area (TPSA) is 38.5 Å². The molecule has 102 valence electrons. The van der Waals surface area contributed by atoms with Crippen molar-refractivity contribution in [3.05, 3.63) is 29.8 Å². The van der Waals surface area contributed by atoms with Gasteiger partial charge in [0.05, 0.1) is 6.61 Å². The van der Waals surface area contributed by atoms with Crippen LogP contribution in [0.15, 0.2) is 24.3 Å². The molecule has 0 unspecified atom stereocenters. The van der Waals surface area contributed by atoms with E-state index in [-0.39, 0.29) is 0 Å². The van der Waals surface area contributed by atoms with Crippen LogP contribution in [0.4, 0.5) is 5.69 Å². The third-order valence-corrected chi connectivity index (χ3v) is 3.18. The van der Waals surface area contributed by atoms with E-state index in [0.717, 1.165) is 51.4 Å². The molecule has 0 aliphatic heterocycles. The smallest absolute Gasteiger partial charge is 0.0593 e. The van der Waals surface area contributed by atoms with Crippen LogP contribution in [0.1, 0.15) is 25.8 Å². The Morgan fingerprint density at radius 3 is 2.33 bits per heavy atom. The van der Waals surface area contributed by atoms with Gasteiger partial charge in [0.15, 0.2) is 0 Å². The highest BCUT2D eigenvalue weighted by atomic mass is 16.5. The Hall–Kier alpha value is -1.06. The number of hydrogen-bond acceptors (Lipinski definition) is 3. The van der Waals surface area contributed by atoms with Crippen molar-refractivity contribution in [3.63, 3.8) is 0 Å². The van der Waals surface area contributed by atoms with Gasteiger partial charge in [-0.2, -0.15) is 0 Å². The summed E-state index contributed by atoms with van der Waals surface area (Å²) in [6, 6.07) is 8.09. The molecule has 1 aromatic rings. The maximum absolute atomic E-state index is 5.65. The number of hydrogen-bond donors (Lipinski definition) is 1. The molecule has 3 heteroatoms. The van der Waals surface area contributed by atoms with E-state index in [1.165, 1.54) is 5.56 Å². The van der Waals surface area contributed by atoms with E-state index in [2.05, 4.69) is 30.9 Å². The zero-order valence-electron chi connectivity index (χ0n) is 11.7. The number of likely N-dealkylation sites (N-methyl/N-ethyl adjacent to an activating group) is 1. The number of benzene rings is 1. The van der Waals surface area contributed by atoms with Gasteiger partial charge in [-0.15, -0.1) is 0 Å². The Morgan fingerprint density at radius 2 is 1.72 bits per heavy atom. The standard InChI is InChI=1S/C15H26N2O/c1-3-17(4-2)11-13-18-12-5-6-14-7-9-15(16)10-8-14/h7-10H,3-6,11-13,16H2,1-2H3. The van der Waals surface area contributed by atoms with E-state index in [9.17, 15) is 0 Å². The average Bonchev–Trinajstić information content (AvgIpc) is 2.40. The first-order valence-corrected chi connectivity index (χ1v) is 6.90. The number of rotatable bonds is 9. The molecule has 3 nitrogen and oxygen atoms in total. The second-order valence-corrected chi connectivity index (χ2v) is 4.48. The molecule has 0 aliphatic rings. The molecule has 18 heavy (non-hydrogen) atoms. The van der Waals surface area contributed by atoms with Gasteiger partial charge < -0.3 is 15.4 Å². The summed E-state index contributed by atoms with van der Waals surface area (Å²) in [6.07, 6.45) is 2.13. The normalized spacial score (nSPS) is 11.1. The van der Waals surface area contributed by atoms with Gasteiger partial charge in [0.2, 0.25) is 0 Å². The van der Waals surface area contributed by atoms with Crippen LogP contribution in [-0.2, 0) is 11.2 Å². The van der Waals surface area contributed by atoms with Gasteiger partial charge >= 0.3 is 0 Å². The molecule has 0 heterocycles. The quantitative estimate of drug-likeness (QED) is 0.541. The van der Waals surface area contributed by atoms with E-state index in [1.807, 2.05) is 12.1 Å². The molecular formula is C15H26N2O. The van der Waals surface area contributed by atoms with Gasteiger partial charge in [0, 0.05) is 18.8 Å². The molecule has 1 aromatic carbocycles. The van der Waals surface area contributed by atoms with Gasteiger partial charge in [-0.1, -0.05) is 26.0 Å². The fraction of sp³-hybridized carbons (Fsp3) is 0.600. The first-order chi connectivity index (χ1) is 8.76. The lowest BCUT2D eigenvalue weighted by molar-refractivity contribution is 0.105. The first kappa shape index (κ1) is 15.0. The molecule has 0 radical (unpaired) electrons. The van der Waals surface area contributed by atoms with E-state index in [4.69, 9.17) is 10.5 Å². The van der Waals surface area contributed by atoms with Crippen molar-refractivity contribution in [2.75, 3.05) is 38.6 Å². The number of nitrogen functional groups attached to an aromatic ring is 1. The Morgan fingerprint density at radius 1 is 1.06 bits per heavy atom. The number of nitrogens with zero attached hydrogens (tertiary/aromatic N) is 1. The zero-order valence-corrected chi connectivity index (χ0v) is 11.7. The molecule has 0 bridgehead atoms. The predicted molar refractivity (Wildman–Crippen MR) is 77.8 cm³/mol. The Balaban J connectivity index is 2.03. The highest BCUT2D eigenvalue weighted by Crippen LogP contribution is 2.07. The molecule has 0 atom stereocenters.